The van der Waals surface area contributed by atoms with Crippen LogP contribution in [0.2, 0.25) is 0 Å². The van der Waals surface area contributed by atoms with Crippen LogP contribution in [0.1, 0.15) is 28.3 Å². The largest absolute Gasteiger partial charge is 0.352 e. The van der Waals surface area contributed by atoms with Gasteiger partial charge in [-0.15, -0.1) is 0 Å². The van der Waals surface area contributed by atoms with E-state index in [1.165, 1.54) is 17.2 Å². The molecule has 1 atom stereocenters. The molecule has 138 valence electrons. The highest BCUT2D eigenvalue weighted by Gasteiger charge is 2.18. The Hall–Kier alpha value is -2.24. The number of hydrogen-bond donors (Lipinski definition) is 2. The van der Waals surface area contributed by atoms with Crippen molar-refractivity contribution in [1.82, 2.24) is 5.32 Å². The van der Waals surface area contributed by atoms with Gasteiger partial charge in [-0.1, -0.05) is 70.0 Å². The molecule has 0 aliphatic carbocycles. The van der Waals surface area contributed by atoms with Gasteiger partial charge in [-0.05, 0) is 61.0 Å². The molecule has 0 bridgehead atoms. The van der Waals surface area contributed by atoms with E-state index in [0.717, 1.165) is 11.1 Å². The third-order valence-electron chi connectivity index (χ3n) is 4.32. The minimum Gasteiger partial charge on any atom is -0.352 e. The molecular formula is C22H20BrFN2S. The zero-order chi connectivity index (χ0) is 19.4. The second-order valence-electron chi connectivity index (χ2n) is 6.43. The van der Waals surface area contributed by atoms with Crippen LogP contribution in [0.25, 0.3) is 0 Å². The first-order valence-corrected chi connectivity index (χ1v) is 9.79. The maximum Gasteiger partial charge on any atom is 0.171 e. The number of rotatable bonds is 4. The smallest absolute Gasteiger partial charge is 0.171 e. The Morgan fingerprint density at radius 1 is 1.00 bits per heavy atom. The summed E-state index contributed by atoms with van der Waals surface area (Å²) in [5, 5.41) is 6.67. The highest BCUT2D eigenvalue weighted by molar-refractivity contribution is 9.10. The molecule has 0 aromatic heterocycles. The predicted octanol–water partition coefficient (Wildman–Crippen LogP) is 6.28. The molecule has 0 amide bonds. The molecule has 0 heterocycles. The van der Waals surface area contributed by atoms with Crippen molar-refractivity contribution in [3.63, 3.8) is 0 Å². The summed E-state index contributed by atoms with van der Waals surface area (Å²) in [6.07, 6.45) is 0. The van der Waals surface area contributed by atoms with Gasteiger partial charge in [-0.2, -0.15) is 0 Å². The molecule has 0 saturated heterocycles. The number of nitrogens with one attached hydrogen (secondary N) is 2. The molecule has 27 heavy (non-hydrogen) atoms. The molecule has 2 N–H and O–H groups in total. The molecule has 3 aromatic rings. The van der Waals surface area contributed by atoms with Crippen molar-refractivity contribution in [2.24, 2.45) is 0 Å². The van der Waals surface area contributed by atoms with E-state index in [1.807, 2.05) is 18.2 Å². The van der Waals surface area contributed by atoms with Crippen molar-refractivity contribution in [2.75, 3.05) is 5.32 Å². The molecule has 0 saturated carbocycles. The van der Waals surface area contributed by atoms with E-state index in [9.17, 15) is 4.39 Å². The lowest BCUT2D eigenvalue weighted by Gasteiger charge is -2.24. The Bertz CT molecular complexity index is 960. The van der Waals surface area contributed by atoms with Gasteiger partial charge in [-0.3, -0.25) is 0 Å². The zero-order valence-corrected chi connectivity index (χ0v) is 17.5. The summed E-state index contributed by atoms with van der Waals surface area (Å²) < 4.78 is 14.8. The second kappa shape index (κ2) is 8.63. The van der Waals surface area contributed by atoms with Gasteiger partial charge in [0.1, 0.15) is 5.82 Å². The highest BCUT2D eigenvalue weighted by atomic mass is 79.9. The van der Waals surface area contributed by atoms with Gasteiger partial charge in [0.05, 0.1) is 11.7 Å². The van der Waals surface area contributed by atoms with Crippen LogP contribution < -0.4 is 10.6 Å². The average Bonchev–Trinajstić information content (AvgIpc) is 2.63. The molecule has 3 rings (SSSR count). The number of benzene rings is 3. The Morgan fingerprint density at radius 3 is 2.41 bits per heavy atom. The van der Waals surface area contributed by atoms with Crippen LogP contribution in [0, 0.1) is 19.7 Å². The third kappa shape index (κ3) is 4.93. The standard InChI is InChI=1S/C22H20BrFN2S/c1-14-8-10-18(15(2)12-14)21(16-6-4-3-5-7-16)26-22(27)25-20-11-9-17(23)13-19(20)24/h3-13,21H,1-2H3,(H2,25,26,27)/t21-/m1/s1. The highest BCUT2D eigenvalue weighted by Crippen LogP contribution is 2.26. The van der Waals surface area contributed by atoms with E-state index in [4.69, 9.17) is 12.2 Å². The monoisotopic (exact) mass is 442 g/mol. The first-order chi connectivity index (χ1) is 12.9. The molecule has 2 nitrogen and oxygen atoms in total. The summed E-state index contributed by atoms with van der Waals surface area (Å²) in [5.41, 5.74) is 4.94. The van der Waals surface area contributed by atoms with Crippen LogP contribution in [0.4, 0.5) is 10.1 Å². The Balaban J connectivity index is 1.88. The molecule has 0 aliphatic heterocycles. The maximum absolute atomic E-state index is 14.1. The second-order valence-corrected chi connectivity index (χ2v) is 7.75. The van der Waals surface area contributed by atoms with Crippen LogP contribution in [-0.4, -0.2) is 5.11 Å². The minimum atomic E-state index is -0.365. The van der Waals surface area contributed by atoms with Gasteiger partial charge < -0.3 is 10.6 Å². The minimum absolute atomic E-state index is 0.134. The Kier molecular flexibility index (Phi) is 6.24. The van der Waals surface area contributed by atoms with Gasteiger partial charge >= 0.3 is 0 Å². The topological polar surface area (TPSA) is 24.1 Å². The SMILES string of the molecule is Cc1ccc([C@H](NC(=S)Nc2ccc(Br)cc2F)c2ccccc2)c(C)c1. The summed E-state index contributed by atoms with van der Waals surface area (Å²) >= 11 is 8.73. The molecule has 3 aromatic carbocycles. The molecular weight excluding hydrogens is 423 g/mol. The fraction of sp³-hybridized carbons (Fsp3) is 0.136. The van der Waals surface area contributed by atoms with Crippen LogP contribution in [0.3, 0.4) is 0 Å². The summed E-state index contributed by atoms with van der Waals surface area (Å²) in [7, 11) is 0. The predicted molar refractivity (Wildman–Crippen MR) is 118 cm³/mol. The zero-order valence-electron chi connectivity index (χ0n) is 15.1. The van der Waals surface area contributed by atoms with Gasteiger partial charge in [0.25, 0.3) is 0 Å². The van der Waals surface area contributed by atoms with Crippen LogP contribution in [0.5, 0.6) is 0 Å². The van der Waals surface area contributed by atoms with E-state index in [1.54, 1.807) is 12.1 Å². The molecule has 0 radical (unpaired) electrons. The van der Waals surface area contributed by atoms with E-state index in [0.29, 0.717) is 15.3 Å². The van der Waals surface area contributed by atoms with Crippen molar-refractivity contribution < 1.29 is 4.39 Å². The fourth-order valence-electron chi connectivity index (χ4n) is 3.02. The third-order valence-corrected chi connectivity index (χ3v) is 5.04. The fourth-order valence-corrected chi connectivity index (χ4v) is 3.58. The molecule has 0 unspecified atom stereocenters. The van der Waals surface area contributed by atoms with E-state index >= 15 is 0 Å². The van der Waals surface area contributed by atoms with E-state index < -0.39 is 0 Å². The lowest BCUT2D eigenvalue weighted by atomic mass is 9.94. The van der Waals surface area contributed by atoms with Crippen molar-refractivity contribution >= 4 is 38.9 Å². The average molecular weight is 443 g/mol. The molecule has 0 spiro atoms. The molecule has 0 fully saturated rings. The van der Waals surface area contributed by atoms with Gasteiger partial charge in [-0.25, -0.2) is 4.39 Å². The van der Waals surface area contributed by atoms with Gasteiger partial charge in [0.15, 0.2) is 5.11 Å². The lowest BCUT2D eigenvalue weighted by Crippen LogP contribution is -2.33. The number of hydrogen-bond acceptors (Lipinski definition) is 1. The number of anilines is 1. The number of halogens is 2. The quantitative estimate of drug-likeness (QED) is 0.464. The van der Waals surface area contributed by atoms with E-state index in [2.05, 4.69) is 70.7 Å². The van der Waals surface area contributed by atoms with Crippen molar-refractivity contribution in [2.45, 2.75) is 19.9 Å². The maximum atomic E-state index is 14.1. The van der Waals surface area contributed by atoms with Crippen LogP contribution in [-0.2, 0) is 0 Å². The van der Waals surface area contributed by atoms with Crippen LogP contribution in [0.15, 0.2) is 71.2 Å². The van der Waals surface area contributed by atoms with Crippen molar-refractivity contribution in [1.29, 1.82) is 0 Å². The summed E-state index contributed by atoms with van der Waals surface area (Å²) in [5.74, 6) is -0.365. The summed E-state index contributed by atoms with van der Waals surface area (Å²) in [6, 6.07) is 21.1. The van der Waals surface area contributed by atoms with Crippen molar-refractivity contribution in [3.05, 3.63) is 99.3 Å². The van der Waals surface area contributed by atoms with Gasteiger partial charge in [0, 0.05) is 4.47 Å². The number of aryl methyl sites for hydroxylation is 2. The lowest BCUT2D eigenvalue weighted by molar-refractivity contribution is 0.631. The Labute approximate surface area is 172 Å². The van der Waals surface area contributed by atoms with Crippen LogP contribution >= 0.6 is 28.1 Å². The molecule has 5 heteroatoms. The summed E-state index contributed by atoms with van der Waals surface area (Å²) in [6.45, 7) is 4.16. The Morgan fingerprint density at radius 2 is 1.74 bits per heavy atom. The van der Waals surface area contributed by atoms with Gasteiger partial charge in [0.2, 0.25) is 0 Å². The first kappa shape index (κ1) is 19.5. The van der Waals surface area contributed by atoms with Crippen molar-refractivity contribution in [3.8, 4) is 0 Å². The first-order valence-electron chi connectivity index (χ1n) is 8.58. The number of thiocarbonyl (C=S) groups is 1. The molecule has 0 aliphatic rings. The normalized spacial score (nSPS) is 11.7. The van der Waals surface area contributed by atoms with E-state index in [-0.39, 0.29) is 11.9 Å². The summed E-state index contributed by atoms with van der Waals surface area (Å²) in [4.78, 5) is 0.